The van der Waals surface area contributed by atoms with E-state index in [0.717, 1.165) is 25.9 Å². The number of fused-ring (bicyclic) bond motifs is 2. The Hall–Kier alpha value is -2.42. The summed E-state index contributed by atoms with van der Waals surface area (Å²) in [6.45, 7) is 2.83. The molecule has 0 amide bonds. The fourth-order valence-corrected chi connectivity index (χ4v) is 5.99. The van der Waals surface area contributed by atoms with Gasteiger partial charge in [0.2, 0.25) is 10.0 Å². The summed E-state index contributed by atoms with van der Waals surface area (Å²) in [7, 11) is -2.05. The molecule has 2 aliphatic rings. The van der Waals surface area contributed by atoms with Gasteiger partial charge in [-0.15, -0.1) is 0 Å². The number of aryl methyl sites for hydroxylation is 1. The Balaban J connectivity index is 1.37. The maximum absolute atomic E-state index is 13.2. The second-order valence-electron chi connectivity index (χ2n) is 7.85. The van der Waals surface area contributed by atoms with E-state index in [1.165, 1.54) is 27.8 Å². The monoisotopic (exact) mass is 413 g/mol. The Morgan fingerprint density at radius 2 is 1.86 bits per heavy atom. The number of aromatic nitrogens is 1. The maximum atomic E-state index is 13.2. The number of nitrogens with zero attached hydrogens (tertiary/aromatic N) is 3. The molecule has 0 bridgehead atoms. The Labute approximate surface area is 169 Å². The van der Waals surface area contributed by atoms with E-state index >= 15 is 0 Å². The Morgan fingerprint density at radius 1 is 1.07 bits per heavy atom. The zero-order valence-electron chi connectivity index (χ0n) is 16.2. The molecule has 1 fully saturated rings. The highest BCUT2D eigenvalue weighted by Crippen LogP contribution is 2.28. The second kappa shape index (κ2) is 6.83. The third-order valence-electron chi connectivity index (χ3n) is 6.20. The van der Waals surface area contributed by atoms with Crippen LogP contribution in [-0.2, 0) is 30.0 Å². The molecular formula is C21H23N3O4S. The van der Waals surface area contributed by atoms with Crippen molar-refractivity contribution >= 4 is 21.1 Å². The quantitative estimate of drug-likeness (QED) is 0.656. The summed E-state index contributed by atoms with van der Waals surface area (Å²) in [5.41, 5.74) is 3.61. The predicted octanol–water partition coefficient (Wildman–Crippen LogP) is 1.95. The van der Waals surface area contributed by atoms with Gasteiger partial charge in [0.25, 0.3) is 0 Å². The highest BCUT2D eigenvalue weighted by molar-refractivity contribution is 7.89. The molecule has 0 aliphatic carbocycles. The van der Waals surface area contributed by atoms with Crippen molar-refractivity contribution in [2.45, 2.75) is 30.3 Å². The minimum Gasteiger partial charge on any atom is -0.408 e. The number of oxazole rings is 1. The van der Waals surface area contributed by atoms with Crippen LogP contribution in [0.5, 0.6) is 0 Å². The Bertz CT molecular complexity index is 1240. The molecule has 1 aromatic heterocycles. The van der Waals surface area contributed by atoms with Crippen molar-refractivity contribution in [2.75, 3.05) is 19.6 Å². The SMILES string of the molecule is Cn1c(=O)oc2ccc(S(=O)(=O)N3CCC(N4CCc5ccccc5C4)C3)cc21. The minimum atomic E-state index is -3.62. The molecule has 8 heteroatoms. The van der Waals surface area contributed by atoms with E-state index < -0.39 is 15.8 Å². The molecule has 0 spiro atoms. The number of benzene rings is 2. The first-order valence-electron chi connectivity index (χ1n) is 9.84. The van der Waals surface area contributed by atoms with Crippen LogP contribution >= 0.6 is 0 Å². The van der Waals surface area contributed by atoms with Crippen LogP contribution in [0.1, 0.15) is 17.5 Å². The summed E-state index contributed by atoms with van der Waals surface area (Å²) >= 11 is 0. The van der Waals surface area contributed by atoms with Gasteiger partial charge in [-0.2, -0.15) is 4.31 Å². The minimum absolute atomic E-state index is 0.200. The van der Waals surface area contributed by atoms with Gasteiger partial charge in [-0.25, -0.2) is 13.2 Å². The van der Waals surface area contributed by atoms with Crippen LogP contribution in [0.4, 0.5) is 0 Å². The van der Waals surface area contributed by atoms with Crippen LogP contribution in [0.25, 0.3) is 11.1 Å². The van der Waals surface area contributed by atoms with E-state index in [9.17, 15) is 13.2 Å². The highest BCUT2D eigenvalue weighted by Gasteiger charge is 2.36. The van der Waals surface area contributed by atoms with Crippen molar-refractivity contribution in [1.29, 1.82) is 0 Å². The summed E-state index contributed by atoms with van der Waals surface area (Å²) < 4.78 is 34.4. The first-order valence-corrected chi connectivity index (χ1v) is 11.3. The molecule has 3 aromatic rings. The van der Waals surface area contributed by atoms with Crippen LogP contribution in [0.2, 0.25) is 0 Å². The van der Waals surface area contributed by atoms with Crippen molar-refractivity contribution in [3.63, 3.8) is 0 Å². The molecule has 1 saturated heterocycles. The lowest BCUT2D eigenvalue weighted by Crippen LogP contribution is -2.41. The van der Waals surface area contributed by atoms with E-state index in [1.807, 2.05) is 0 Å². The lowest BCUT2D eigenvalue weighted by molar-refractivity contribution is 0.185. The molecule has 7 nitrogen and oxygen atoms in total. The molecule has 2 aliphatic heterocycles. The van der Waals surface area contributed by atoms with Crippen LogP contribution in [0.3, 0.4) is 0 Å². The Morgan fingerprint density at radius 3 is 2.69 bits per heavy atom. The van der Waals surface area contributed by atoms with Gasteiger partial charge in [0.1, 0.15) is 0 Å². The van der Waals surface area contributed by atoms with Crippen LogP contribution in [-0.4, -0.2) is 47.9 Å². The van der Waals surface area contributed by atoms with Gasteiger partial charge >= 0.3 is 5.76 Å². The predicted molar refractivity (Wildman–Crippen MR) is 109 cm³/mol. The molecule has 2 aromatic carbocycles. The zero-order valence-corrected chi connectivity index (χ0v) is 17.1. The maximum Gasteiger partial charge on any atom is 0.419 e. The van der Waals surface area contributed by atoms with E-state index in [1.54, 1.807) is 17.4 Å². The molecular weight excluding hydrogens is 390 g/mol. The summed E-state index contributed by atoms with van der Waals surface area (Å²) in [5, 5.41) is 0. The number of sulfonamides is 1. The summed E-state index contributed by atoms with van der Waals surface area (Å²) in [6, 6.07) is 13.3. The fraction of sp³-hybridized carbons (Fsp3) is 0.381. The fourth-order valence-electron chi connectivity index (χ4n) is 4.47. The topological polar surface area (TPSA) is 75.8 Å². The summed E-state index contributed by atoms with van der Waals surface area (Å²) in [4.78, 5) is 14.3. The molecule has 1 atom stereocenters. The van der Waals surface area contributed by atoms with Crippen molar-refractivity contribution < 1.29 is 12.8 Å². The van der Waals surface area contributed by atoms with Gasteiger partial charge in [-0.05, 0) is 42.2 Å². The number of rotatable bonds is 3. The molecule has 5 rings (SSSR count). The van der Waals surface area contributed by atoms with Gasteiger partial charge in [0.05, 0.1) is 10.4 Å². The molecule has 0 radical (unpaired) electrons. The second-order valence-corrected chi connectivity index (χ2v) is 9.79. The molecule has 29 heavy (non-hydrogen) atoms. The Kier molecular flexibility index (Phi) is 4.38. The molecule has 152 valence electrons. The van der Waals surface area contributed by atoms with Gasteiger partial charge in [0.15, 0.2) is 5.58 Å². The summed E-state index contributed by atoms with van der Waals surface area (Å²) in [5.74, 6) is -0.499. The molecule has 0 N–H and O–H groups in total. The third kappa shape index (κ3) is 3.11. The van der Waals surface area contributed by atoms with Crippen LogP contribution in [0, 0.1) is 0 Å². The third-order valence-corrected chi connectivity index (χ3v) is 8.06. The van der Waals surface area contributed by atoms with Crippen LogP contribution < -0.4 is 5.76 Å². The van der Waals surface area contributed by atoms with Crippen molar-refractivity contribution in [3.05, 3.63) is 64.1 Å². The van der Waals surface area contributed by atoms with Crippen LogP contribution in [0.15, 0.2) is 56.6 Å². The van der Waals surface area contributed by atoms with E-state index in [-0.39, 0.29) is 10.9 Å². The van der Waals surface area contributed by atoms with Gasteiger partial charge in [-0.3, -0.25) is 9.47 Å². The average molecular weight is 413 g/mol. The number of hydrogen-bond donors (Lipinski definition) is 0. The first kappa shape index (κ1) is 18.6. The zero-order chi connectivity index (χ0) is 20.2. The van der Waals surface area contributed by atoms with Gasteiger partial charge in [-0.1, -0.05) is 24.3 Å². The molecule has 0 saturated carbocycles. The normalized spacial score (nSPS) is 20.9. The first-order chi connectivity index (χ1) is 13.9. The largest absolute Gasteiger partial charge is 0.419 e. The lowest BCUT2D eigenvalue weighted by atomic mass is 9.98. The highest BCUT2D eigenvalue weighted by atomic mass is 32.2. The van der Waals surface area contributed by atoms with Gasteiger partial charge < -0.3 is 4.42 Å². The van der Waals surface area contributed by atoms with Crippen molar-refractivity contribution in [1.82, 2.24) is 13.8 Å². The summed E-state index contributed by atoms with van der Waals surface area (Å²) in [6.07, 6.45) is 1.83. The number of hydrogen-bond acceptors (Lipinski definition) is 5. The van der Waals surface area contributed by atoms with E-state index in [0.29, 0.717) is 24.2 Å². The van der Waals surface area contributed by atoms with E-state index in [4.69, 9.17) is 4.42 Å². The van der Waals surface area contributed by atoms with Gasteiger partial charge in [0, 0.05) is 39.3 Å². The lowest BCUT2D eigenvalue weighted by Gasteiger charge is -2.33. The van der Waals surface area contributed by atoms with Crippen molar-refractivity contribution in [2.24, 2.45) is 7.05 Å². The van der Waals surface area contributed by atoms with Crippen molar-refractivity contribution in [3.8, 4) is 0 Å². The smallest absolute Gasteiger partial charge is 0.408 e. The standard InChI is InChI=1S/C21H23N3O4S/c1-22-19-12-18(6-7-20(19)28-21(22)25)29(26,27)24-11-9-17(14-24)23-10-8-15-4-2-3-5-16(15)13-23/h2-7,12,17H,8-11,13-14H2,1H3. The molecule has 1 unspecified atom stereocenters. The van der Waals surface area contributed by atoms with E-state index in [2.05, 4.69) is 29.2 Å². The average Bonchev–Trinajstić information content (AvgIpc) is 3.33. The molecule has 3 heterocycles.